The zero-order chi connectivity index (χ0) is 15.4. The van der Waals surface area contributed by atoms with E-state index in [1.165, 1.54) is 44.9 Å². The molecule has 0 radical (unpaired) electrons. The molecule has 0 heterocycles. The highest BCUT2D eigenvalue weighted by Crippen LogP contribution is 2.29. The highest BCUT2D eigenvalue weighted by molar-refractivity contribution is 5.77. The molecule has 1 N–H and O–H groups in total. The summed E-state index contributed by atoms with van der Waals surface area (Å²) in [6.45, 7) is 2.24. The van der Waals surface area contributed by atoms with Crippen molar-refractivity contribution in [1.82, 2.24) is 5.32 Å². The lowest BCUT2D eigenvalue weighted by atomic mass is 9.99. The summed E-state index contributed by atoms with van der Waals surface area (Å²) in [5, 5.41) is 12.2. The first-order chi connectivity index (χ1) is 10.2. The SMILES string of the molecule is CCCCCCCCCCCC(=O)NC1(C#N)CCCC1. The topological polar surface area (TPSA) is 52.9 Å². The lowest BCUT2D eigenvalue weighted by Gasteiger charge is -2.21. The van der Waals surface area contributed by atoms with Gasteiger partial charge in [-0.2, -0.15) is 5.26 Å². The van der Waals surface area contributed by atoms with Gasteiger partial charge in [-0.1, -0.05) is 58.3 Å². The molecule has 120 valence electrons. The van der Waals surface area contributed by atoms with Crippen molar-refractivity contribution in [3.05, 3.63) is 0 Å². The predicted octanol–water partition coefficient (Wildman–Crippen LogP) is 4.86. The summed E-state index contributed by atoms with van der Waals surface area (Å²) in [5.74, 6) is 0.0707. The van der Waals surface area contributed by atoms with Gasteiger partial charge in [0.15, 0.2) is 0 Å². The molecule has 0 aromatic rings. The lowest BCUT2D eigenvalue weighted by Crippen LogP contribution is -2.44. The van der Waals surface area contributed by atoms with Crippen molar-refractivity contribution in [3.8, 4) is 6.07 Å². The van der Waals surface area contributed by atoms with Crippen LogP contribution in [0.3, 0.4) is 0 Å². The predicted molar refractivity (Wildman–Crippen MR) is 86.8 cm³/mol. The molecule has 0 atom stereocenters. The van der Waals surface area contributed by atoms with E-state index in [2.05, 4.69) is 18.3 Å². The molecular weight excluding hydrogens is 260 g/mol. The Balaban J connectivity index is 1.98. The Morgan fingerprint density at radius 2 is 1.52 bits per heavy atom. The van der Waals surface area contributed by atoms with Crippen molar-refractivity contribution in [1.29, 1.82) is 5.26 Å². The van der Waals surface area contributed by atoms with Crippen LogP contribution < -0.4 is 5.32 Å². The number of nitrogens with one attached hydrogen (secondary N) is 1. The quantitative estimate of drug-likeness (QED) is 0.553. The van der Waals surface area contributed by atoms with Crippen LogP contribution in [0.25, 0.3) is 0 Å². The average molecular weight is 292 g/mol. The molecule has 0 spiro atoms. The second kappa shape index (κ2) is 10.7. The molecule has 0 aliphatic heterocycles. The van der Waals surface area contributed by atoms with Gasteiger partial charge in [0.05, 0.1) is 6.07 Å². The van der Waals surface area contributed by atoms with Crippen LogP contribution in [0.15, 0.2) is 0 Å². The fourth-order valence-electron chi connectivity index (χ4n) is 3.17. The molecular formula is C18H32N2O. The van der Waals surface area contributed by atoms with Crippen molar-refractivity contribution in [2.24, 2.45) is 0 Å². The number of carbonyl (C=O) groups excluding carboxylic acids is 1. The van der Waals surface area contributed by atoms with Gasteiger partial charge in [0.25, 0.3) is 0 Å². The number of hydrogen-bond donors (Lipinski definition) is 1. The van der Waals surface area contributed by atoms with Gasteiger partial charge in [-0.25, -0.2) is 0 Å². The van der Waals surface area contributed by atoms with Gasteiger partial charge in [0, 0.05) is 6.42 Å². The molecule has 1 rings (SSSR count). The van der Waals surface area contributed by atoms with E-state index in [0.29, 0.717) is 6.42 Å². The second-order valence-electron chi connectivity index (χ2n) is 6.53. The van der Waals surface area contributed by atoms with Crippen molar-refractivity contribution in [3.63, 3.8) is 0 Å². The summed E-state index contributed by atoms with van der Waals surface area (Å²) in [6, 6.07) is 2.31. The maximum absolute atomic E-state index is 11.9. The van der Waals surface area contributed by atoms with Crippen molar-refractivity contribution in [2.75, 3.05) is 0 Å². The number of unbranched alkanes of at least 4 members (excludes halogenated alkanes) is 8. The first kappa shape index (κ1) is 18.0. The van der Waals surface area contributed by atoms with Gasteiger partial charge in [-0.05, 0) is 32.1 Å². The summed E-state index contributed by atoms with van der Waals surface area (Å²) >= 11 is 0. The maximum atomic E-state index is 11.9. The third kappa shape index (κ3) is 7.50. The molecule has 0 unspecified atom stereocenters. The fourth-order valence-corrected chi connectivity index (χ4v) is 3.17. The highest BCUT2D eigenvalue weighted by Gasteiger charge is 2.34. The summed E-state index contributed by atoms with van der Waals surface area (Å²) in [4.78, 5) is 11.9. The van der Waals surface area contributed by atoms with E-state index >= 15 is 0 Å². The Morgan fingerprint density at radius 1 is 1.00 bits per heavy atom. The standard InChI is InChI=1S/C18H32N2O/c1-2-3-4-5-6-7-8-9-10-13-17(21)20-18(16-19)14-11-12-15-18/h2-15H2,1H3,(H,20,21). The first-order valence-electron chi connectivity index (χ1n) is 8.95. The first-order valence-corrected chi connectivity index (χ1v) is 8.95. The van der Waals surface area contributed by atoms with Crippen LogP contribution in [0.2, 0.25) is 0 Å². The third-order valence-corrected chi connectivity index (χ3v) is 4.56. The van der Waals surface area contributed by atoms with Gasteiger partial charge in [-0.3, -0.25) is 4.79 Å². The Labute approximate surface area is 130 Å². The normalized spacial score (nSPS) is 16.6. The minimum atomic E-state index is -0.545. The Hall–Kier alpha value is -1.04. The number of hydrogen-bond acceptors (Lipinski definition) is 2. The van der Waals surface area contributed by atoms with Gasteiger partial charge < -0.3 is 5.32 Å². The summed E-state index contributed by atoms with van der Waals surface area (Å²) in [5.41, 5.74) is -0.545. The van der Waals surface area contributed by atoms with E-state index in [1.54, 1.807) is 0 Å². The second-order valence-corrected chi connectivity index (χ2v) is 6.53. The molecule has 21 heavy (non-hydrogen) atoms. The Morgan fingerprint density at radius 3 is 2.05 bits per heavy atom. The number of nitriles is 1. The molecule has 1 fully saturated rings. The van der Waals surface area contributed by atoms with Crippen LogP contribution in [0, 0.1) is 11.3 Å². The van der Waals surface area contributed by atoms with Gasteiger partial charge in [0.1, 0.15) is 5.54 Å². The highest BCUT2D eigenvalue weighted by atomic mass is 16.1. The molecule has 1 aliphatic carbocycles. The van der Waals surface area contributed by atoms with Crippen molar-refractivity contribution in [2.45, 2.75) is 102 Å². The van der Waals surface area contributed by atoms with Crippen LogP contribution >= 0.6 is 0 Å². The molecule has 0 saturated heterocycles. The molecule has 0 aromatic heterocycles. The Bertz CT molecular complexity index is 327. The Kier molecular flexibility index (Phi) is 9.14. The maximum Gasteiger partial charge on any atom is 0.221 e. The molecule has 0 aromatic carbocycles. The van der Waals surface area contributed by atoms with E-state index in [-0.39, 0.29) is 5.91 Å². The molecule has 0 bridgehead atoms. The van der Waals surface area contributed by atoms with E-state index in [9.17, 15) is 10.1 Å². The zero-order valence-electron chi connectivity index (χ0n) is 13.8. The zero-order valence-corrected chi connectivity index (χ0v) is 13.8. The van der Waals surface area contributed by atoms with Crippen LogP contribution in [-0.4, -0.2) is 11.4 Å². The fraction of sp³-hybridized carbons (Fsp3) is 0.889. The molecule has 1 saturated carbocycles. The number of amides is 1. The minimum absolute atomic E-state index is 0.0707. The summed E-state index contributed by atoms with van der Waals surface area (Å²) in [6.07, 6.45) is 15.7. The van der Waals surface area contributed by atoms with Gasteiger partial charge in [0.2, 0.25) is 5.91 Å². The molecule has 1 aliphatic rings. The number of rotatable bonds is 11. The average Bonchev–Trinajstić information content (AvgIpc) is 2.94. The van der Waals surface area contributed by atoms with E-state index in [0.717, 1.165) is 38.5 Å². The number of nitrogens with zero attached hydrogens (tertiary/aromatic N) is 1. The monoisotopic (exact) mass is 292 g/mol. The lowest BCUT2D eigenvalue weighted by molar-refractivity contribution is -0.122. The minimum Gasteiger partial charge on any atom is -0.338 e. The van der Waals surface area contributed by atoms with Crippen LogP contribution in [0.4, 0.5) is 0 Å². The van der Waals surface area contributed by atoms with Crippen LogP contribution in [0.5, 0.6) is 0 Å². The van der Waals surface area contributed by atoms with Crippen molar-refractivity contribution < 1.29 is 4.79 Å². The van der Waals surface area contributed by atoms with Gasteiger partial charge in [-0.15, -0.1) is 0 Å². The smallest absolute Gasteiger partial charge is 0.221 e. The van der Waals surface area contributed by atoms with Crippen LogP contribution in [-0.2, 0) is 4.79 Å². The van der Waals surface area contributed by atoms with E-state index in [1.807, 2.05) is 0 Å². The van der Waals surface area contributed by atoms with Crippen LogP contribution in [0.1, 0.15) is 96.8 Å². The summed E-state index contributed by atoms with van der Waals surface area (Å²) in [7, 11) is 0. The summed E-state index contributed by atoms with van der Waals surface area (Å²) < 4.78 is 0. The molecule has 3 nitrogen and oxygen atoms in total. The van der Waals surface area contributed by atoms with Crippen molar-refractivity contribution >= 4 is 5.91 Å². The van der Waals surface area contributed by atoms with Gasteiger partial charge >= 0.3 is 0 Å². The van der Waals surface area contributed by atoms with E-state index < -0.39 is 5.54 Å². The van der Waals surface area contributed by atoms with E-state index in [4.69, 9.17) is 0 Å². The molecule has 1 amide bonds. The number of carbonyl (C=O) groups is 1. The third-order valence-electron chi connectivity index (χ3n) is 4.56. The molecule has 3 heteroatoms. The largest absolute Gasteiger partial charge is 0.338 e.